The predicted octanol–water partition coefficient (Wildman–Crippen LogP) is 1.94. The number of halogens is 1. The Morgan fingerprint density at radius 1 is 1.43 bits per heavy atom. The number of hydrogen-bond donors (Lipinski definition) is 1. The van der Waals surface area contributed by atoms with E-state index in [9.17, 15) is 9.59 Å². The van der Waals surface area contributed by atoms with Crippen molar-refractivity contribution in [3.05, 3.63) is 21.0 Å². The highest BCUT2D eigenvalue weighted by atomic mass is 79.9. The Labute approximate surface area is 133 Å². The molecule has 118 valence electrons. The lowest BCUT2D eigenvalue weighted by atomic mass is 10.2. The summed E-state index contributed by atoms with van der Waals surface area (Å²) in [5.41, 5.74) is 0.351. The second-order valence-electron chi connectivity index (χ2n) is 5.17. The summed E-state index contributed by atoms with van der Waals surface area (Å²) in [5.74, 6) is 0.336. The number of nitrogens with zero attached hydrogens (tertiary/aromatic N) is 3. The molecule has 0 aliphatic rings. The average Bonchev–Trinajstić information content (AvgIpc) is 2.44. The summed E-state index contributed by atoms with van der Waals surface area (Å²) in [7, 11) is 0. The Morgan fingerprint density at radius 3 is 2.57 bits per heavy atom. The maximum atomic E-state index is 12.1. The molecule has 0 spiro atoms. The van der Waals surface area contributed by atoms with Gasteiger partial charge in [-0.15, -0.1) is 0 Å². The maximum absolute atomic E-state index is 12.1. The summed E-state index contributed by atoms with van der Waals surface area (Å²) in [6.07, 6.45) is 1.57. The number of carbonyl (C=O) groups excluding carboxylic acids is 1. The van der Waals surface area contributed by atoms with Crippen molar-refractivity contribution in [2.75, 3.05) is 25.0 Å². The van der Waals surface area contributed by atoms with E-state index in [0.717, 1.165) is 0 Å². The van der Waals surface area contributed by atoms with E-state index in [-0.39, 0.29) is 18.0 Å². The molecule has 6 nitrogen and oxygen atoms in total. The molecule has 1 N–H and O–H groups in total. The van der Waals surface area contributed by atoms with Crippen molar-refractivity contribution in [1.29, 1.82) is 0 Å². The standard InChI is InChI=1S/C14H23BrN4O2/c1-5-18(6-2)12(20)8-16-11-7-17-19(9-10(3)4)14(21)13(11)15/h7,10,16H,5-6,8-9H2,1-4H3. The predicted molar refractivity (Wildman–Crippen MR) is 87.5 cm³/mol. The van der Waals surface area contributed by atoms with Crippen LogP contribution in [-0.2, 0) is 11.3 Å². The van der Waals surface area contributed by atoms with E-state index in [1.807, 2.05) is 27.7 Å². The molecule has 1 rings (SSSR count). The number of rotatable bonds is 7. The average molecular weight is 359 g/mol. The molecule has 1 aromatic heterocycles. The van der Waals surface area contributed by atoms with Crippen molar-refractivity contribution in [2.45, 2.75) is 34.2 Å². The Hall–Kier alpha value is -1.37. The number of likely N-dealkylation sites (N-methyl/N-ethyl adjacent to an activating group) is 1. The molecule has 0 fully saturated rings. The van der Waals surface area contributed by atoms with Crippen molar-refractivity contribution in [3.63, 3.8) is 0 Å². The minimum absolute atomic E-state index is 0.00161. The fourth-order valence-electron chi connectivity index (χ4n) is 1.92. The molecule has 0 bridgehead atoms. The summed E-state index contributed by atoms with van der Waals surface area (Å²) in [6.45, 7) is 9.98. The number of carbonyl (C=O) groups is 1. The van der Waals surface area contributed by atoms with Gasteiger partial charge in [0.15, 0.2) is 0 Å². The van der Waals surface area contributed by atoms with Crippen LogP contribution in [0.15, 0.2) is 15.5 Å². The molecule has 7 heteroatoms. The van der Waals surface area contributed by atoms with Gasteiger partial charge in [0, 0.05) is 19.6 Å². The first-order valence-corrected chi connectivity index (χ1v) is 7.97. The SMILES string of the molecule is CCN(CC)C(=O)CNc1cnn(CC(C)C)c(=O)c1Br. The zero-order valence-corrected chi connectivity index (χ0v) is 14.6. The van der Waals surface area contributed by atoms with E-state index in [0.29, 0.717) is 35.7 Å². The molecule has 1 heterocycles. The maximum Gasteiger partial charge on any atom is 0.283 e. The molecule has 21 heavy (non-hydrogen) atoms. The van der Waals surface area contributed by atoms with Gasteiger partial charge in [-0.25, -0.2) is 4.68 Å². The highest BCUT2D eigenvalue weighted by Crippen LogP contribution is 2.16. The Balaban J connectivity index is 2.80. The van der Waals surface area contributed by atoms with Crippen LogP contribution in [0.2, 0.25) is 0 Å². The summed E-state index contributed by atoms with van der Waals surface area (Å²) in [6, 6.07) is 0. The molecule has 0 atom stereocenters. The number of hydrogen-bond acceptors (Lipinski definition) is 4. The van der Waals surface area contributed by atoms with Crippen LogP contribution in [0, 0.1) is 5.92 Å². The van der Waals surface area contributed by atoms with Crippen molar-refractivity contribution < 1.29 is 4.79 Å². The molecule has 0 radical (unpaired) electrons. The molecule has 0 saturated carbocycles. The van der Waals surface area contributed by atoms with Crippen LogP contribution < -0.4 is 10.9 Å². The fourth-order valence-corrected chi connectivity index (χ4v) is 2.37. The molecular formula is C14H23BrN4O2. The van der Waals surface area contributed by atoms with Crippen molar-refractivity contribution >= 4 is 27.5 Å². The highest BCUT2D eigenvalue weighted by Gasteiger charge is 2.13. The molecule has 0 aliphatic carbocycles. The first-order chi connectivity index (χ1) is 9.90. The normalized spacial score (nSPS) is 10.8. The smallest absolute Gasteiger partial charge is 0.283 e. The Morgan fingerprint density at radius 2 is 2.05 bits per heavy atom. The summed E-state index contributed by atoms with van der Waals surface area (Å²) in [5, 5.41) is 7.10. The summed E-state index contributed by atoms with van der Waals surface area (Å²) >= 11 is 3.28. The van der Waals surface area contributed by atoms with Gasteiger partial charge in [-0.05, 0) is 35.7 Å². The zero-order valence-electron chi connectivity index (χ0n) is 13.0. The van der Waals surface area contributed by atoms with Crippen molar-refractivity contribution in [2.24, 2.45) is 5.92 Å². The number of aromatic nitrogens is 2. The monoisotopic (exact) mass is 358 g/mol. The highest BCUT2D eigenvalue weighted by molar-refractivity contribution is 9.10. The lowest BCUT2D eigenvalue weighted by Crippen LogP contribution is -2.35. The first-order valence-electron chi connectivity index (χ1n) is 7.17. The quantitative estimate of drug-likeness (QED) is 0.808. The Bertz CT molecular complexity index is 538. The van der Waals surface area contributed by atoms with Crippen LogP contribution in [0.1, 0.15) is 27.7 Å². The van der Waals surface area contributed by atoms with Gasteiger partial charge in [0.2, 0.25) is 5.91 Å². The van der Waals surface area contributed by atoms with Crippen LogP contribution in [0.5, 0.6) is 0 Å². The number of nitrogens with one attached hydrogen (secondary N) is 1. The second-order valence-corrected chi connectivity index (χ2v) is 5.97. The molecule has 1 aromatic rings. The van der Waals surface area contributed by atoms with Gasteiger partial charge >= 0.3 is 0 Å². The van der Waals surface area contributed by atoms with E-state index in [2.05, 4.69) is 26.3 Å². The number of amides is 1. The van der Waals surface area contributed by atoms with Crippen LogP contribution in [-0.4, -0.2) is 40.2 Å². The van der Waals surface area contributed by atoms with Crippen molar-refractivity contribution in [1.82, 2.24) is 14.7 Å². The molecule has 1 amide bonds. The minimum atomic E-state index is -0.191. The van der Waals surface area contributed by atoms with Crippen LogP contribution in [0.25, 0.3) is 0 Å². The minimum Gasteiger partial charge on any atom is -0.374 e. The van der Waals surface area contributed by atoms with E-state index >= 15 is 0 Å². The molecule has 0 aromatic carbocycles. The van der Waals surface area contributed by atoms with Crippen LogP contribution >= 0.6 is 15.9 Å². The zero-order chi connectivity index (χ0) is 16.0. The third kappa shape index (κ3) is 4.84. The Kier molecular flexibility index (Phi) is 6.87. The van der Waals surface area contributed by atoms with E-state index < -0.39 is 0 Å². The van der Waals surface area contributed by atoms with Gasteiger partial charge in [-0.1, -0.05) is 13.8 Å². The van der Waals surface area contributed by atoms with E-state index in [4.69, 9.17) is 0 Å². The lowest BCUT2D eigenvalue weighted by Gasteiger charge is -2.19. The van der Waals surface area contributed by atoms with Crippen LogP contribution in [0.4, 0.5) is 5.69 Å². The molecule has 0 saturated heterocycles. The van der Waals surface area contributed by atoms with Gasteiger partial charge in [-0.2, -0.15) is 5.10 Å². The number of anilines is 1. The molecular weight excluding hydrogens is 336 g/mol. The largest absolute Gasteiger partial charge is 0.374 e. The summed E-state index contributed by atoms with van der Waals surface area (Å²) < 4.78 is 1.83. The van der Waals surface area contributed by atoms with Gasteiger partial charge in [0.25, 0.3) is 5.56 Å². The van der Waals surface area contributed by atoms with Gasteiger partial charge < -0.3 is 10.2 Å². The lowest BCUT2D eigenvalue weighted by molar-refractivity contribution is -0.128. The van der Waals surface area contributed by atoms with Gasteiger partial charge in [0.1, 0.15) is 4.47 Å². The summed E-state index contributed by atoms with van der Waals surface area (Å²) in [4.78, 5) is 25.8. The second kappa shape index (κ2) is 8.17. The van der Waals surface area contributed by atoms with Gasteiger partial charge in [-0.3, -0.25) is 9.59 Å². The molecule has 0 unspecified atom stereocenters. The topological polar surface area (TPSA) is 67.2 Å². The third-order valence-corrected chi connectivity index (χ3v) is 3.84. The van der Waals surface area contributed by atoms with Gasteiger partial charge in [0.05, 0.1) is 18.4 Å². The van der Waals surface area contributed by atoms with E-state index in [1.165, 1.54) is 4.68 Å². The third-order valence-electron chi connectivity index (χ3n) is 3.07. The fraction of sp³-hybridized carbons (Fsp3) is 0.643. The van der Waals surface area contributed by atoms with Crippen molar-refractivity contribution in [3.8, 4) is 0 Å². The first kappa shape index (κ1) is 17.7. The molecule has 0 aliphatic heterocycles. The van der Waals surface area contributed by atoms with Crippen LogP contribution in [0.3, 0.4) is 0 Å². The van der Waals surface area contributed by atoms with E-state index in [1.54, 1.807) is 11.1 Å².